The lowest BCUT2D eigenvalue weighted by Crippen LogP contribution is -2.48. The fourth-order valence-corrected chi connectivity index (χ4v) is 1.30. The van der Waals surface area contributed by atoms with Gasteiger partial charge >= 0.3 is 0 Å². The zero-order valence-electron chi connectivity index (χ0n) is 8.90. The van der Waals surface area contributed by atoms with E-state index in [4.69, 9.17) is 4.74 Å². The summed E-state index contributed by atoms with van der Waals surface area (Å²) in [6.07, 6.45) is 0. The van der Waals surface area contributed by atoms with Gasteiger partial charge in [-0.3, -0.25) is 4.79 Å². The number of anilines is 1. The van der Waals surface area contributed by atoms with Crippen LogP contribution in [0, 0.1) is 5.92 Å². The minimum absolute atomic E-state index is 0. The van der Waals surface area contributed by atoms with Gasteiger partial charge in [0.1, 0.15) is 5.82 Å². The van der Waals surface area contributed by atoms with Gasteiger partial charge in [0.25, 0.3) is 0 Å². The molecule has 88 valence electrons. The Balaban J connectivity index is 0.00000128. The van der Waals surface area contributed by atoms with E-state index in [0.29, 0.717) is 11.7 Å². The van der Waals surface area contributed by atoms with Crippen molar-refractivity contribution in [3.05, 3.63) is 18.2 Å². The molecule has 1 amide bonds. The van der Waals surface area contributed by atoms with Gasteiger partial charge in [0.05, 0.1) is 13.0 Å². The molecule has 1 fully saturated rings. The molecule has 0 spiro atoms. The van der Waals surface area contributed by atoms with E-state index in [1.807, 2.05) is 0 Å². The van der Waals surface area contributed by atoms with E-state index < -0.39 is 0 Å². The number of hydrogen-bond donors (Lipinski definition) is 2. The second-order valence-corrected chi connectivity index (χ2v) is 3.41. The lowest BCUT2D eigenvalue weighted by atomic mass is 10.0. The topological polar surface area (TPSA) is 63.2 Å². The lowest BCUT2D eigenvalue weighted by molar-refractivity contribution is -0.121. The Morgan fingerprint density at radius 1 is 1.56 bits per heavy atom. The molecule has 1 saturated heterocycles. The number of hydrogen-bond acceptors (Lipinski definition) is 4. The number of methoxy groups -OCH3 is 1. The van der Waals surface area contributed by atoms with Crippen LogP contribution >= 0.6 is 12.4 Å². The minimum atomic E-state index is 0. The van der Waals surface area contributed by atoms with E-state index in [1.54, 1.807) is 25.3 Å². The van der Waals surface area contributed by atoms with Crippen LogP contribution in [0.1, 0.15) is 0 Å². The average Bonchev–Trinajstić information content (AvgIpc) is 2.15. The molecular weight excluding hydrogens is 230 g/mol. The molecule has 0 unspecified atom stereocenters. The summed E-state index contributed by atoms with van der Waals surface area (Å²) in [4.78, 5) is 15.7. The van der Waals surface area contributed by atoms with Gasteiger partial charge in [0, 0.05) is 19.2 Å². The fourth-order valence-electron chi connectivity index (χ4n) is 1.30. The molecule has 6 heteroatoms. The summed E-state index contributed by atoms with van der Waals surface area (Å²) in [5, 5.41) is 5.79. The van der Waals surface area contributed by atoms with Crippen molar-refractivity contribution in [1.82, 2.24) is 10.3 Å². The maximum atomic E-state index is 11.6. The number of rotatable bonds is 3. The number of pyridine rings is 1. The first-order valence-electron chi connectivity index (χ1n) is 4.82. The number of amides is 1. The summed E-state index contributed by atoms with van der Waals surface area (Å²) in [5.41, 5.74) is 0. The predicted octanol–water partition coefficient (Wildman–Crippen LogP) is 0.670. The Hall–Kier alpha value is -1.33. The van der Waals surface area contributed by atoms with Gasteiger partial charge < -0.3 is 15.4 Å². The molecule has 2 N–H and O–H groups in total. The highest BCUT2D eigenvalue weighted by Gasteiger charge is 2.24. The van der Waals surface area contributed by atoms with Gasteiger partial charge in [-0.25, -0.2) is 0 Å². The third-order valence-corrected chi connectivity index (χ3v) is 2.34. The summed E-state index contributed by atoms with van der Waals surface area (Å²) in [6.45, 7) is 1.49. The lowest BCUT2D eigenvalue weighted by Gasteiger charge is -2.25. The van der Waals surface area contributed by atoms with Gasteiger partial charge in [-0.15, -0.1) is 12.4 Å². The second kappa shape index (κ2) is 5.67. The van der Waals surface area contributed by atoms with E-state index in [-0.39, 0.29) is 24.2 Å². The summed E-state index contributed by atoms with van der Waals surface area (Å²) in [6, 6.07) is 5.27. The van der Waals surface area contributed by atoms with Gasteiger partial charge in [0.15, 0.2) is 0 Å². The zero-order valence-corrected chi connectivity index (χ0v) is 9.71. The van der Waals surface area contributed by atoms with Crippen LogP contribution < -0.4 is 15.4 Å². The molecule has 0 bridgehead atoms. The van der Waals surface area contributed by atoms with Crippen molar-refractivity contribution in [3.63, 3.8) is 0 Å². The average molecular weight is 244 g/mol. The van der Waals surface area contributed by atoms with Gasteiger partial charge in [-0.2, -0.15) is 4.98 Å². The number of carbonyl (C=O) groups excluding carboxylic acids is 1. The first-order chi connectivity index (χ1) is 7.29. The van der Waals surface area contributed by atoms with Crippen molar-refractivity contribution in [3.8, 4) is 5.88 Å². The summed E-state index contributed by atoms with van der Waals surface area (Å²) in [5.74, 6) is 1.11. The maximum Gasteiger partial charge on any atom is 0.231 e. The van der Waals surface area contributed by atoms with E-state index in [2.05, 4.69) is 15.6 Å². The molecular formula is C10H14ClN3O2. The van der Waals surface area contributed by atoms with Crippen LogP contribution in [0.2, 0.25) is 0 Å². The minimum Gasteiger partial charge on any atom is -0.481 e. The van der Waals surface area contributed by atoms with Crippen LogP contribution in [-0.2, 0) is 4.79 Å². The molecule has 2 rings (SSSR count). The van der Waals surface area contributed by atoms with Crippen LogP contribution in [0.15, 0.2) is 18.2 Å². The van der Waals surface area contributed by atoms with E-state index in [1.165, 1.54) is 0 Å². The molecule has 2 heterocycles. The normalized spacial score (nSPS) is 14.6. The van der Waals surface area contributed by atoms with Crippen LogP contribution in [0.5, 0.6) is 5.88 Å². The van der Waals surface area contributed by atoms with Crippen molar-refractivity contribution >= 4 is 24.1 Å². The highest BCUT2D eigenvalue weighted by Crippen LogP contribution is 2.12. The SMILES string of the molecule is COc1cccc(NC(=O)C2CNC2)n1.Cl. The first kappa shape index (κ1) is 12.7. The highest BCUT2D eigenvalue weighted by molar-refractivity contribution is 5.92. The van der Waals surface area contributed by atoms with Gasteiger partial charge in [0.2, 0.25) is 11.8 Å². The van der Waals surface area contributed by atoms with E-state index >= 15 is 0 Å². The van der Waals surface area contributed by atoms with Crippen molar-refractivity contribution in [2.24, 2.45) is 5.92 Å². The van der Waals surface area contributed by atoms with Crippen LogP contribution in [0.3, 0.4) is 0 Å². The monoisotopic (exact) mass is 243 g/mol. The second-order valence-electron chi connectivity index (χ2n) is 3.41. The molecule has 0 aliphatic carbocycles. The number of nitrogens with one attached hydrogen (secondary N) is 2. The predicted molar refractivity (Wildman–Crippen MR) is 63.0 cm³/mol. The molecule has 1 aromatic rings. The quantitative estimate of drug-likeness (QED) is 0.819. The summed E-state index contributed by atoms with van der Waals surface area (Å²) in [7, 11) is 1.55. The smallest absolute Gasteiger partial charge is 0.231 e. The van der Waals surface area contributed by atoms with Crippen LogP contribution in [-0.4, -0.2) is 31.1 Å². The third-order valence-electron chi connectivity index (χ3n) is 2.34. The summed E-state index contributed by atoms with van der Waals surface area (Å²) >= 11 is 0. The molecule has 5 nitrogen and oxygen atoms in total. The number of aromatic nitrogens is 1. The van der Waals surface area contributed by atoms with Crippen LogP contribution in [0.25, 0.3) is 0 Å². The summed E-state index contributed by atoms with van der Waals surface area (Å²) < 4.78 is 4.96. The Labute approximate surface area is 100.0 Å². The Morgan fingerprint density at radius 3 is 2.88 bits per heavy atom. The van der Waals surface area contributed by atoms with Crippen LogP contribution in [0.4, 0.5) is 5.82 Å². The Bertz CT molecular complexity index is 369. The Morgan fingerprint density at radius 2 is 2.31 bits per heavy atom. The standard InChI is InChI=1S/C10H13N3O2.ClH/c1-15-9-4-2-3-8(12-9)13-10(14)7-5-11-6-7;/h2-4,7,11H,5-6H2,1H3,(H,12,13,14);1H. The molecule has 16 heavy (non-hydrogen) atoms. The molecule has 0 radical (unpaired) electrons. The maximum absolute atomic E-state index is 11.6. The number of halogens is 1. The molecule has 0 aromatic carbocycles. The van der Waals surface area contributed by atoms with Crippen molar-refractivity contribution in [2.75, 3.05) is 25.5 Å². The third kappa shape index (κ3) is 2.84. The largest absolute Gasteiger partial charge is 0.481 e. The van der Waals surface area contributed by atoms with Gasteiger partial charge in [-0.05, 0) is 6.07 Å². The van der Waals surface area contributed by atoms with Crippen molar-refractivity contribution < 1.29 is 9.53 Å². The van der Waals surface area contributed by atoms with E-state index in [9.17, 15) is 4.79 Å². The van der Waals surface area contributed by atoms with Crippen molar-refractivity contribution in [2.45, 2.75) is 0 Å². The zero-order chi connectivity index (χ0) is 10.7. The highest BCUT2D eigenvalue weighted by atomic mass is 35.5. The number of nitrogens with zero attached hydrogens (tertiary/aromatic N) is 1. The van der Waals surface area contributed by atoms with E-state index in [0.717, 1.165) is 13.1 Å². The Kier molecular flexibility index (Phi) is 4.52. The molecule has 1 aliphatic heterocycles. The fraction of sp³-hybridized carbons (Fsp3) is 0.400. The molecule has 1 aromatic heterocycles. The molecule has 0 atom stereocenters. The number of ether oxygens (including phenoxy) is 1. The van der Waals surface area contributed by atoms with Crippen molar-refractivity contribution in [1.29, 1.82) is 0 Å². The first-order valence-corrected chi connectivity index (χ1v) is 4.82. The molecule has 0 saturated carbocycles. The molecule has 1 aliphatic rings. The van der Waals surface area contributed by atoms with Gasteiger partial charge in [-0.1, -0.05) is 6.07 Å². The number of carbonyl (C=O) groups is 1.